The van der Waals surface area contributed by atoms with Gasteiger partial charge in [0.05, 0.1) is 0 Å². The number of rotatable bonds is 8. The first-order valence-corrected chi connectivity index (χ1v) is 10.3. The summed E-state index contributed by atoms with van der Waals surface area (Å²) in [7, 11) is 0. The molecule has 0 fully saturated rings. The van der Waals surface area contributed by atoms with Gasteiger partial charge in [-0.3, -0.25) is 19.2 Å². The number of benzene rings is 2. The maximum Gasteiger partial charge on any atom is 0.308 e. The minimum atomic E-state index is -0.487. The molecule has 0 N–H and O–H groups in total. The van der Waals surface area contributed by atoms with Gasteiger partial charge < -0.3 is 18.9 Å². The SMILES string of the molecule is C=C[C@H](OC(C)=O)c1ccc(OC(C)=O)cc1.CC(=O)OC/C=C/c1ccc(OC(C)=O)cc1. The molecule has 8 heteroatoms. The lowest BCUT2D eigenvalue weighted by molar-refractivity contribution is -0.144. The lowest BCUT2D eigenvalue weighted by Gasteiger charge is -2.13. The van der Waals surface area contributed by atoms with Gasteiger partial charge in [-0.05, 0) is 47.5 Å². The Morgan fingerprint density at radius 2 is 1.26 bits per heavy atom. The highest BCUT2D eigenvalue weighted by Crippen LogP contribution is 2.22. The highest BCUT2D eigenvalue weighted by Gasteiger charge is 2.10. The number of hydrogen-bond donors (Lipinski definition) is 0. The number of carbonyl (C=O) groups excluding carboxylic acids is 4. The van der Waals surface area contributed by atoms with Gasteiger partial charge in [0.15, 0.2) is 0 Å². The summed E-state index contributed by atoms with van der Waals surface area (Å²) in [5.41, 5.74) is 1.71. The van der Waals surface area contributed by atoms with Crippen molar-refractivity contribution < 1.29 is 38.1 Å². The number of ether oxygens (including phenoxy) is 4. The molecule has 0 aliphatic carbocycles. The van der Waals surface area contributed by atoms with Crippen molar-refractivity contribution in [3.8, 4) is 11.5 Å². The Bertz CT molecular complexity index is 1000. The Labute approximate surface area is 198 Å². The van der Waals surface area contributed by atoms with Crippen LogP contribution in [0.15, 0.2) is 67.3 Å². The van der Waals surface area contributed by atoms with Gasteiger partial charge in [0.25, 0.3) is 0 Å². The molecule has 0 bridgehead atoms. The first kappa shape index (κ1) is 27.8. The fourth-order valence-corrected chi connectivity index (χ4v) is 2.49. The van der Waals surface area contributed by atoms with E-state index < -0.39 is 6.10 Å². The van der Waals surface area contributed by atoms with E-state index in [1.54, 1.807) is 42.5 Å². The molecule has 0 radical (unpaired) electrons. The lowest BCUT2D eigenvalue weighted by atomic mass is 10.1. The molecule has 0 spiro atoms. The summed E-state index contributed by atoms with van der Waals surface area (Å²) in [4.78, 5) is 42.8. The molecule has 0 saturated carbocycles. The van der Waals surface area contributed by atoms with Crippen LogP contribution in [0.1, 0.15) is 44.9 Å². The van der Waals surface area contributed by atoms with Crippen molar-refractivity contribution in [2.45, 2.75) is 33.8 Å². The predicted molar refractivity (Wildman–Crippen MR) is 126 cm³/mol. The Kier molecular flexibility index (Phi) is 12.1. The van der Waals surface area contributed by atoms with Gasteiger partial charge in [0, 0.05) is 27.7 Å². The molecule has 0 heterocycles. The number of carbonyl (C=O) groups is 4. The van der Waals surface area contributed by atoms with Gasteiger partial charge in [-0.15, -0.1) is 0 Å². The van der Waals surface area contributed by atoms with Gasteiger partial charge in [-0.25, -0.2) is 0 Å². The standard InChI is InChI=1S/2C13H14O4/c1-10(14)16-9-3-4-12-5-7-13(8-6-12)17-11(2)15;1-4-13(17-10(3)15)11-5-7-12(8-6-11)16-9(2)14/h3-8H,9H2,1-2H3;4-8,13H,1H2,2-3H3/b4-3+;/t;13-/m.0/s1. The molecular formula is C26H28O8. The maximum atomic E-state index is 10.9. The molecular weight excluding hydrogens is 440 g/mol. The van der Waals surface area contributed by atoms with Crippen LogP contribution in [0.5, 0.6) is 11.5 Å². The van der Waals surface area contributed by atoms with E-state index in [0.717, 1.165) is 11.1 Å². The average Bonchev–Trinajstić information content (AvgIpc) is 2.76. The zero-order chi connectivity index (χ0) is 25.5. The van der Waals surface area contributed by atoms with Gasteiger partial charge in [-0.2, -0.15) is 0 Å². The van der Waals surface area contributed by atoms with E-state index in [4.69, 9.17) is 18.9 Å². The molecule has 2 rings (SSSR count). The van der Waals surface area contributed by atoms with Crippen LogP contribution in [0.3, 0.4) is 0 Å². The average molecular weight is 469 g/mol. The maximum absolute atomic E-state index is 10.9. The van der Waals surface area contributed by atoms with E-state index in [9.17, 15) is 19.2 Å². The molecule has 0 saturated heterocycles. The highest BCUT2D eigenvalue weighted by molar-refractivity contribution is 5.70. The Morgan fingerprint density at radius 1 is 0.765 bits per heavy atom. The zero-order valence-electron chi connectivity index (χ0n) is 19.6. The third-order valence-corrected chi connectivity index (χ3v) is 3.81. The molecule has 2 aromatic rings. The van der Waals surface area contributed by atoms with Gasteiger partial charge in [0.1, 0.15) is 24.2 Å². The van der Waals surface area contributed by atoms with E-state index in [1.165, 1.54) is 33.8 Å². The van der Waals surface area contributed by atoms with Crippen molar-refractivity contribution in [3.05, 3.63) is 78.4 Å². The van der Waals surface area contributed by atoms with E-state index in [-0.39, 0.29) is 30.5 Å². The van der Waals surface area contributed by atoms with Crippen molar-refractivity contribution in [3.63, 3.8) is 0 Å². The smallest absolute Gasteiger partial charge is 0.308 e. The van der Waals surface area contributed by atoms with Crippen molar-refractivity contribution in [2.75, 3.05) is 6.61 Å². The summed E-state index contributed by atoms with van der Waals surface area (Å²) < 4.78 is 19.6. The van der Waals surface area contributed by atoms with Crippen LogP contribution in [0.25, 0.3) is 6.08 Å². The minimum absolute atomic E-state index is 0.251. The van der Waals surface area contributed by atoms with Gasteiger partial charge >= 0.3 is 23.9 Å². The van der Waals surface area contributed by atoms with Crippen molar-refractivity contribution in [2.24, 2.45) is 0 Å². The third-order valence-electron chi connectivity index (χ3n) is 3.81. The molecule has 0 aliphatic heterocycles. The molecule has 180 valence electrons. The molecule has 0 unspecified atom stereocenters. The van der Waals surface area contributed by atoms with Gasteiger partial charge in [-0.1, -0.05) is 36.9 Å². The van der Waals surface area contributed by atoms with Crippen LogP contribution in [0, 0.1) is 0 Å². The van der Waals surface area contributed by atoms with Crippen LogP contribution in [-0.4, -0.2) is 30.5 Å². The van der Waals surface area contributed by atoms with E-state index in [2.05, 4.69) is 6.58 Å². The molecule has 34 heavy (non-hydrogen) atoms. The Balaban J connectivity index is 0.000000340. The summed E-state index contributed by atoms with van der Waals surface area (Å²) in [6, 6.07) is 13.7. The van der Waals surface area contributed by atoms with E-state index in [0.29, 0.717) is 11.5 Å². The zero-order valence-corrected chi connectivity index (χ0v) is 19.6. The fourth-order valence-electron chi connectivity index (χ4n) is 2.49. The number of esters is 4. The van der Waals surface area contributed by atoms with Crippen LogP contribution in [-0.2, 0) is 28.7 Å². The van der Waals surface area contributed by atoms with Crippen LogP contribution >= 0.6 is 0 Å². The molecule has 0 aliphatic rings. The second-order valence-electron chi connectivity index (χ2n) is 6.80. The first-order chi connectivity index (χ1) is 16.1. The Morgan fingerprint density at radius 3 is 1.68 bits per heavy atom. The van der Waals surface area contributed by atoms with Crippen molar-refractivity contribution >= 4 is 30.0 Å². The largest absolute Gasteiger partial charge is 0.462 e. The van der Waals surface area contributed by atoms with E-state index >= 15 is 0 Å². The topological polar surface area (TPSA) is 105 Å². The summed E-state index contributed by atoms with van der Waals surface area (Å²) in [6.07, 6.45) is 4.60. The third kappa shape index (κ3) is 12.0. The Hall–Kier alpha value is -4.20. The van der Waals surface area contributed by atoms with Crippen molar-refractivity contribution in [1.29, 1.82) is 0 Å². The van der Waals surface area contributed by atoms with Crippen LogP contribution < -0.4 is 9.47 Å². The van der Waals surface area contributed by atoms with Crippen molar-refractivity contribution in [1.82, 2.24) is 0 Å². The van der Waals surface area contributed by atoms with Gasteiger partial charge in [0.2, 0.25) is 0 Å². The second kappa shape index (κ2) is 14.8. The minimum Gasteiger partial charge on any atom is -0.462 e. The normalized spacial score (nSPS) is 10.8. The predicted octanol–water partition coefficient (Wildman–Crippen LogP) is 4.59. The number of hydrogen-bond acceptors (Lipinski definition) is 8. The molecule has 1 atom stereocenters. The molecule has 8 nitrogen and oxygen atoms in total. The molecule has 2 aromatic carbocycles. The highest BCUT2D eigenvalue weighted by atomic mass is 16.5. The van der Waals surface area contributed by atoms with Crippen LogP contribution in [0.2, 0.25) is 0 Å². The molecule has 0 amide bonds. The second-order valence-corrected chi connectivity index (χ2v) is 6.80. The summed E-state index contributed by atoms with van der Waals surface area (Å²) >= 11 is 0. The van der Waals surface area contributed by atoms with Crippen LogP contribution in [0.4, 0.5) is 0 Å². The molecule has 0 aromatic heterocycles. The lowest BCUT2D eigenvalue weighted by Crippen LogP contribution is -2.06. The quantitative estimate of drug-likeness (QED) is 0.315. The fraction of sp³-hybridized carbons (Fsp3) is 0.231. The first-order valence-electron chi connectivity index (χ1n) is 10.3. The summed E-state index contributed by atoms with van der Waals surface area (Å²) in [5.74, 6) is -0.443. The monoisotopic (exact) mass is 468 g/mol. The van der Waals surface area contributed by atoms with E-state index in [1.807, 2.05) is 18.2 Å². The summed E-state index contributed by atoms with van der Waals surface area (Å²) in [5, 5.41) is 0. The summed E-state index contributed by atoms with van der Waals surface area (Å²) in [6.45, 7) is 9.24.